The summed E-state index contributed by atoms with van der Waals surface area (Å²) in [5.41, 5.74) is 0.550. The van der Waals surface area contributed by atoms with Gasteiger partial charge in [0.1, 0.15) is 5.82 Å². The van der Waals surface area contributed by atoms with Gasteiger partial charge in [-0.05, 0) is 44.0 Å². The van der Waals surface area contributed by atoms with Crippen molar-refractivity contribution in [3.8, 4) is 0 Å². The van der Waals surface area contributed by atoms with Gasteiger partial charge in [0, 0.05) is 6.61 Å². The van der Waals surface area contributed by atoms with Crippen LogP contribution in [0, 0.1) is 5.82 Å². The molecule has 1 saturated heterocycles. The second-order valence-electron chi connectivity index (χ2n) is 7.19. The number of benzene rings is 2. The number of anilines is 1. The number of para-hydroxylation sites is 2. The molecule has 30 heavy (non-hydrogen) atoms. The van der Waals surface area contributed by atoms with Gasteiger partial charge >= 0.3 is 0 Å². The summed E-state index contributed by atoms with van der Waals surface area (Å²) in [6.45, 7) is 2.78. The monoisotopic (exact) mass is 427 g/mol. The highest BCUT2D eigenvalue weighted by molar-refractivity contribution is 8.00. The molecule has 1 aliphatic heterocycles. The molecule has 2 heterocycles. The number of nitrogens with one attached hydrogen (secondary N) is 1. The van der Waals surface area contributed by atoms with Gasteiger partial charge in [0.2, 0.25) is 5.91 Å². The fourth-order valence-electron chi connectivity index (χ4n) is 3.40. The van der Waals surface area contributed by atoms with Crippen LogP contribution in [0.5, 0.6) is 0 Å². The Bertz CT molecular complexity index is 1130. The number of hydrogen-bond acceptors (Lipinski definition) is 5. The van der Waals surface area contributed by atoms with E-state index < -0.39 is 11.1 Å². The van der Waals surface area contributed by atoms with Crippen LogP contribution < -0.4 is 10.9 Å². The van der Waals surface area contributed by atoms with E-state index in [2.05, 4.69) is 10.3 Å². The summed E-state index contributed by atoms with van der Waals surface area (Å²) >= 11 is 1.18. The van der Waals surface area contributed by atoms with Gasteiger partial charge in [-0.1, -0.05) is 36.0 Å². The quantitative estimate of drug-likeness (QED) is 0.478. The van der Waals surface area contributed by atoms with E-state index in [0.29, 0.717) is 29.2 Å². The zero-order chi connectivity index (χ0) is 21.1. The van der Waals surface area contributed by atoms with Crippen LogP contribution in [0.25, 0.3) is 10.9 Å². The Labute approximate surface area is 177 Å². The molecule has 1 amide bonds. The van der Waals surface area contributed by atoms with Crippen LogP contribution in [0.1, 0.15) is 19.8 Å². The van der Waals surface area contributed by atoms with E-state index in [9.17, 15) is 14.0 Å². The van der Waals surface area contributed by atoms with Gasteiger partial charge < -0.3 is 10.1 Å². The van der Waals surface area contributed by atoms with Crippen molar-refractivity contribution in [2.45, 2.75) is 42.8 Å². The summed E-state index contributed by atoms with van der Waals surface area (Å²) in [6, 6.07) is 13.2. The fourth-order valence-corrected chi connectivity index (χ4v) is 4.32. The number of ether oxygens (including phenoxy) is 1. The topological polar surface area (TPSA) is 73.2 Å². The van der Waals surface area contributed by atoms with Crippen LogP contribution in [0.2, 0.25) is 0 Å². The molecule has 1 fully saturated rings. The number of rotatable bonds is 6. The Balaban J connectivity index is 1.62. The maximum atomic E-state index is 13.9. The van der Waals surface area contributed by atoms with Crippen LogP contribution in [0.15, 0.2) is 58.5 Å². The van der Waals surface area contributed by atoms with Crippen molar-refractivity contribution in [1.29, 1.82) is 0 Å². The molecule has 0 radical (unpaired) electrons. The third-order valence-corrected chi connectivity index (χ3v) is 6.11. The van der Waals surface area contributed by atoms with E-state index in [1.54, 1.807) is 41.8 Å². The van der Waals surface area contributed by atoms with Crippen LogP contribution in [-0.4, -0.2) is 33.4 Å². The molecule has 0 spiro atoms. The number of fused-ring (bicyclic) bond motifs is 1. The first-order chi connectivity index (χ1) is 14.5. The van der Waals surface area contributed by atoms with Gasteiger partial charge in [-0.3, -0.25) is 14.2 Å². The van der Waals surface area contributed by atoms with Gasteiger partial charge in [0.05, 0.1) is 34.5 Å². The van der Waals surface area contributed by atoms with Crippen LogP contribution in [-0.2, 0) is 16.1 Å². The Hall–Kier alpha value is -2.71. The molecular weight excluding hydrogens is 405 g/mol. The van der Waals surface area contributed by atoms with Gasteiger partial charge in [0.25, 0.3) is 5.56 Å². The van der Waals surface area contributed by atoms with Gasteiger partial charge in [0.15, 0.2) is 5.16 Å². The number of nitrogens with zero attached hydrogens (tertiary/aromatic N) is 2. The standard InChI is InChI=1S/C22H22FN3O3S/c1-14(20(27)24-19-11-5-3-9-17(19)23)30-22-25-18-10-4-2-8-16(18)21(28)26(22)13-15-7-6-12-29-15/h2-5,8-11,14-15H,6-7,12-13H2,1H3,(H,24,27)/t14-,15+/m0/s1. The maximum absolute atomic E-state index is 13.9. The van der Waals surface area contributed by atoms with Crippen molar-refractivity contribution < 1.29 is 13.9 Å². The van der Waals surface area contributed by atoms with Crippen LogP contribution in [0.4, 0.5) is 10.1 Å². The molecule has 2 aromatic carbocycles. The first-order valence-corrected chi connectivity index (χ1v) is 10.7. The van der Waals surface area contributed by atoms with Crippen LogP contribution >= 0.6 is 11.8 Å². The number of carbonyl (C=O) groups is 1. The summed E-state index contributed by atoms with van der Waals surface area (Å²) < 4.78 is 21.2. The van der Waals surface area contributed by atoms with Gasteiger partial charge in [-0.15, -0.1) is 0 Å². The summed E-state index contributed by atoms with van der Waals surface area (Å²) in [6.07, 6.45) is 1.80. The van der Waals surface area contributed by atoms with Crippen molar-refractivity contribution in [3.63, 3.8) is 0 Å². The van der Waals surface area contributed by atoms with Crippen molar-refractivity contribution in [2.24, 2.45) is 0 Å². The average Bonchev–Trinajstić information content (AvgIpc) is 3.26. The summed E-state index contributed by atoms with van der Waals surface area (Å²) in [5.74, 6) is -0.863. The molecule has 8 heteroatoms. The highest BCUT2D eigenvalue weighted by atomic mass is 32.2. The van der Waals surface area contributed by atoms with Gasteiger partial charge in [-0.2, -0.15) is 0 Å². The lowest BCUT2D eigenvalue weighted by molar-refractivity contribution is -0.115. The predicted octanol–water partition coefficient (Wildman–Crippen LogP) is 3.83. The van der Waals surface area contributed by atoms with Crippen molar-refractivity contribution in [2.75, 3.05) is 11.9 Å². The molecule has 1 aromatic heterocycles. The number of aromatic nitrogens is 2. The number of halogens is 1. The molecule has 1 N–H and O–H groups in total. The Kier molecular flexibility index (Phi) is 6.15. The van der Waals surface area contributed by atoms with E-state index in [1.165, 1.54) is 23.9 Å². The zero-order valence-corrected chi connectivity index (χ0v) is 17.3. The molecule has 2 atom stereocenters. The minimum Gasteiger partial charge on any atom is -0.376 e. The number of hydrogen-bond donors (Lipinski definition) is 1. The molecule has 6 nitrogen and oxygen atoms in total. The SMILES string of the molecule is C[C@H](Sc1nc2ccccc2c(=O)n1C[C@H]1CCCO1)C(=O)Nc1ccccc1F. The fraction of sp³-hybridized carbons (Fsp3) is 0.318. The van der Waals surface area contributed by atoms with Crippen LogP contribution in [0.3, 0.4) is 0 Å². The van der Waals surface area contributed by atoms with Crippen molar-refractivity contribution in [1.82, 2.24) is 9.55 Å². The lowest BCUT2D eigenvalue weighted by atomic mass is 10.2. The highest BCUT2D eigenvalue weighted by Crippen LogP contribution is 2.25. The van der Waals surface area contributed by atoms with Gasteiger partial charge in [-0.25, -0.2) is 9.37 Å². The third kappa shape index (κ3) is 4.39. The summed E-state index contributed by atoms with van der Waals surface area (Å²) in [7, 11) is 0. The Morgan fingerprint density at radius 3 is 2.83 bits per heavy atom. The second kappa shape index (κ2) is 8.97. The lowest BCUT2D eigenvalue weighted by Gasteiger charge is -2.18. The number of amides is 1. The van der Waals surface area contributed by atoms with E-state index >= 15 is 0 Å². The maximum Gasteiger partial charge on any atom is 0.262 e. The molecular formula is C22H22FN3O3S. The molecule has 0 unspecified atom stereocenters. The van der Waals surface area contributed by atoms with E-state index in [0.717, 1.165) is 12.8 Å². The molecule has 0 saturated carbocycles. The molecule has 156 valence electrons. The minimum absolute atomic E-state index is 0.0486. The largest absolute Gasteiger partial charge is 0.376 e. The number of thioether (sulfide) groups is 1. The average molecular weight is 428 g/mol. The zero-order valence-electron chi connectivity index (χ0n) is 16.5. The summed E-state index contributed by atoms with van der Waals surface area (Å²) in [4.78, 5) is 30.4. The Morgan fingerprint density at radius 2 is 2.07 bits per heavy atom. The van der Waals surface area contributed by atoms with Crippen molar-refractivity contribution >= 4 is 34.3 Å². The molecule has 4 rings (SSSR count). The van der Waals surface area contributed by atoms with E-state index in [4.69, 9.17) is 4.74 Å². The predicted molar refractivity (Wildman–Crippen MR) is 115 cm³/mol. The second-order valence-corrected chi connectivity index (χ2v) is 8.50. The van der Waals surface area contributed by atoms with Crippen molar-refractivity contribution in [3.05, 3.63) is 64.7 Å². The first-order valence-electron chi connectivity index (χ1n) is 9.86. The lowest BCUT2D eigenvalue weighted by Crippen LogP contribution is -2.30. The smallest absolute Gasteiger partial charge is 0.262 e. The molecule has 0 bridgehead atoms. The summed E-state index contributed by atoms with van der Waals surface area (Å²) in [5, 5.41) is 2.99. The molecule has 1 aliphatic rings. The van der Waals surface area contributed by atoms with E-state index in [-0.39, 0.29) is 23.3 Å². The normalized spacial score (nSPS) is 17.2. The molecule has 3 aromatic rings. The minimum atomic E-state index is -0.589. The Morgan fingerprint density at radius 1 is 1.30 bits per heavy atom. The first kappa shape index (κ1) is 20.6. The van der Waals surface area contributed by atoms with E-state index in [1.807, 2.05) is 6.07 Å². The third-order valence-electron chi connectivity index (χ3n) is 5.02. The number of carbonyl (C=O) groups excluding carboxylic acids is 1. The highest BCUT2D eigenvalue weighted by Gasteiger charge is 2.23. The molecule has 0 aliphatic carbocycles.